The number of thiazole rings is 1. The lowest BCUT2D eigenvalue weighted by atomic mass is 10.1. The Morgan fingerprint density at radius 2 is 1.76 bits per heavy atom. The molecule has 0 aliphatic rings. The molecule has 170 valence electrons. The smallest absolute Gasteiger partial charge is 0.226 e. The van der Waals surface area contributed by atoms with Gasteiger partial charge in [-0.3, -0.25) is 4.79 Å². The highest BCUT2D eigenvalue weighted by molar-refractivity contribution is 7.99. The van der Waals surface area contributed by atoms with Crippen LogP contribution in [0.1, 0.15) is 12.0 Å². The second kappa shape index (κ2) is 11.2. The van der Waals surface area contributed by atoms with Gasteiger partial charge in [-0.05, 0) is 48.5 Å². The van der Waals surface area contributed by atoms with Crippen molar-refractivity contribution in [2.75, 3.05) is 18.2 Å². The van der Waals surface area contributed by atoms with Crippen LogP contribution in [0.2, 0.25) is 5.02 Å². The Kier molecular flexibility index (Phi) is 7.80. The number of nitrogens with one attached hydrogen (secondary N) is 1. The largest absolute Gasteiger partial charge is 0.497 e. The molecule has 1 N–H and O–H groups in total. The van der Waals surface area contributed by atoms with E-state index in [0.29, 0.717) is 26.5 Å². The maximum absolute atomic E-state index is 12.4. The molecule has 0 saturated carbocycles. The van der Waals surface area contributed by atoms with E-state index in [-0.39, 0.29) is 12.3 Å². The Bertz CT molecular complexity index is 1330. The van der Waals surface area contributed by atoms with Gasteiger partial charge in [0.15, 0.2) is 5.13 Å². The van der Waals surface area contributed by atoms with Gasteiger partial charge in [-0.25, -0.2) is 9.97 Å². The lowest BCUT2D eigenvalue weighted by molar-refractivity contribution is -0.115. The van der Waals surface area contributed by atoms with Crippen LogP contribution in [0.4, 0.5) is 5.13 Å². The number of carbonyl (C=O) groups excluding carboxylic acids is 1. The second-order valence-corrected chi connectivity index (χ2v) is 9.46. The lowest BCUT2D eigenvalue weighted by Crippen LogP contribution is -2.12. The third kappa shape index (κ3) is 5.94. The number of nitriles is 1. The van der Waals surface area contributed by atoms with Crippen LogP contribution in [0.5, 0.6) is 5.75 Å². The minimum atomic E-state index is -0.144. The summed E-state index contributed by atoms with van der Waals surface area (Å²) in [5, 5.41) is 16.0. The normalized spacial score (nSPS) is 10.5. The number of carbonyl (C=O) groups is 1. The average Bonchev–Trinajstić information content (AvgIpc) is 3.32. The van der Waals surface area contributed by atoms with Crippen LogP contribution in [-0.2, 0) is 4.79 Å². The highest BCUT2D eigenvalue weighted by Gasteiger charge is 2.12. The number of thioether (sulfide) groups is 1. The van der Waals surface area contributed by atoms with E-state index < -0.39 is 0 Å². The van der Waals surface area contributed by atoms with Gasteiger partial charge in [0.05, 0.1) is 24.1 Å². The van der Waals surface area contributed by atoms with E-state index in [1.165, 1.54) is 23.1 Å². The van der Waals surface area contributed by atoms with Crippen LogP contribution in [0.25, 0.3) is 22.5 Å². The molecular formula is C25H19ClN4O2S2. The minimum Gasteiger partial charge on any atom is -0.497 e. The molecule has 2 heterocycles. The van der Waals surface area contributed by atoms with Crippen LogP contribution >= 0.6 is 34.7 Å². The predicted octanol–water partition coefficient (Wildman–Crippen LogP) is 6.53. The summed E-state index contributed by atoms with van der Waals surface area (Å²) in [6.45, 7) is 0. The number of pyridine rings is 1. The Balaban J connectivity index is 1.35. The van der Waals surface area contributed by atoms with Gasteiger partial charge in [-0.2, -0.15) is 5.26 Å². The maximum atomic E-state index is 12.4. The zero-order chi connectivity index (χ0) is 23.9. The van der Waals surface area contributed by atoms with E-state index in [2.05, 4.69) is 21.4 Å². The number of halogens is 1. The van der Waals surface area contributed by atoms with E-state index in [0.717, 1.165) is 28.3 Å². The number of rotatable bonds is 8. The summed E-state index contributed by atoms with van der Waals surface area (Å²) in [7, 11) is 1.62. The van der Waals surface area contributed by atoms with Crippen molar-refractivity contribution >= 4 is 45.7 Å². The quantitative estimate of drug-likeness (QED) is 0.273. The highest BCUT2D eigenvalue weighted by Crippen LogP contribution is 2.28. The van der Waals surface area contributed by atoms with Gasteiger partial charge < -0.3 is 10.1 Å². The number of benzene rings is 2. The van der Waals surface area contributed by atoms with Crippen LogP contribution < -0.4 is 10.1 Å². The van der Waals surface area contributed by atoms with Crippen molar-refractivity contribution in [2.45, 2.75) is 11.4 Å². The fourth-order valence-corrected chi connectivity index (χ4v) is 4.84. The summed E-state index contributed by atoms with van der Waals surface area (Å²) < 4.78 is 5.20. The first-order chi connectivity index (χ1) is 16.6. The molecule has 0 spiro atoms. The molecule has 0 fully saturated rings. The zero-order valence-corrected chi connectivity index (χ0v) is 20.5. The summed E-state index contributed by atoms with van der Waals surface area (Å²) in [4.78, 5) is 21.5. The number of hydrogen-bond acceptors (Lipinski definition) is 7. The number of aromatic nitrogens is 2. The molecule has 9 heteroatoms. The Labute approximate surface area is 210 Å². The second-order valence-electron chi connectivity index (χ2n) is 7.08. The third-order valence-electron chi connectivity index (χ3n) is 4.82. The standard InChI is InChI=1S/C25H19ClN4O2S2/c1-32-20-9-4-16(5-10-20)21-11-6-18(14-27)24(28-21)33-13-12-23(31)30-25-29-22(15-34-25)17-2-7-19(26)8-3-17/h2-11,15H,12-13H2,1H3,(H,29,30,31). The van der Waals surface area contributed by atoms with Crippen molar-refractivity contribution in [1.29, 1.82) is 5.26 Å². The molecule has 0 unspecified atom stereocenters. The molecule has 34 heavy (non-hydrogen) atoms. The van der Waals surface area contributed by atoms with Crippen molar-refractivity contribution in [1.82, 2.24) is 9.97 Å². The van der Waals surface area contributed by atoms with Crippen LogP contribution in [-0.4, -0.2) is 28.7 Å². The number of nitrogens with zero attached hydrogens (tertiary/aromatic N) is 3. The molecular weight excluding hydrogens is 488 g/mol. The molecule has 0 saturated heterocycles. The van der Waals surface area contributed by atoms with Crippen molar-refractivity contribution in [2.24, 2.45) is 0 Å². The van der Waals surface area contributed by atoms with Gasteiger partial charge in [0.1, 0.15) is 16.8 Å². The maximum Gasteiger partial charge on any atom is 0.226 e. The van der Waals surface area contributed by atoms with Crippen molar-refractivity contribution in [3.63, 3.8) is 0 Å². The van der Waals surface area contributed by atoms with Gasteiger partial charge in [-0.15, -0.1) is 23.1 Å². The summed E-state index contributed by atoms with van der Waals surface area (Å²) in [5.41, 5.74) is 3.87. The average molecular weight is 507 g/mol. The zero-order valence-electron chi connectivity index (χ0n) is 18.1. The highest BCUT2D eigenvalue weighted by atomic mass is 35.5. The number of ether oxygens (including phenoxy) is 1. The molecule has 6 nitrogen and oxygen atoms in total. The Morgan fingerprint density at radius 1 is 1.06 bits per heavy atom. The number of amides is 1. The van der Waals surface area contributed by atoms with E-state index in [4.69, 9.17) is 16.3 Å². The van der Waals surface area contributed by atoms with Crippen LogP contribution in [0.3, 0.4) is 0 Å². The summed E-state index contributed by atoms with van der Waals surface area (Å²) in [6.07, 6.45) is 0.264. The van der Waals surface area contributed by atoms with Crippen LogP contribution in [0, 0.1) is 11.3 Å². The molecule has 0 radical (unpaired) electrons. The third-order valence-corrected chi connectivity index (χ3v) is 6.83. The molecule has 2 aromatic carbocycles. The first-order valence-corrected chi connectivity index (χ1v) is 12.5. The number of anilines is 1. The van der Waals surface area contributed by atoms with Crippen molar-refractivity contribution in [3.05, 3.63) is 76.6 Å². The SMILES string of the molecule is COc1ccc(-c2ccc(C#N)c(SCCC(=O)Nc3nc(-c4ccc(Cl)cc4)cs3)n2)cc1. The van der Waals surface area contributed by atoms with E-state index >= 15 is 0 Å². The van der Waals surface area contributed by atoms with Gasteiger partial charge >= 0.3 is 0 Å². The Hall–Kier alpha value is -3.38. The topological polar surface area (TPSA) is 87.9 Å². The molecule has 0 aliphatic carbocycles. The minimum absolute atomic E-state index is 0.144. The lowest BCUT2D eigenvalue weighted by Gasteiger charge is -2.07. The van der Waals surface area contributed by atoms with Crippen LogP contribution in [0.15, 0.2) is 71.1 Å². The fraction of sp³-hybridized carbons (Fsp3) is 0.120. The summed E-state index contributed by atoms with van der Waals surface area (Å²) in [6, 6.07) is 20.7. The molecule has 2 aromatic heterocycles. The molecule has 4 aromatic rings. The molecule has 4 rings (SSSR count). The van der Waals surface area contributed by atoms with Gasteiger partial charge in [0.2, 0.25) is 5.91 Å². The molecule has 0 aliphatic heterocycles. The van der Waals surface area contributed by atoms with Gasteiger partial charge in [0, 0.05) is 33.7 Å². The van der Waals surface area contributed by atoms with Gasteiger partial charge in [0.25, 0.3) is 0 Å². The van der Waals surface area contributed by atoms with E-state index in [9.17, 15) is 10.1 Å². The van der Waals surface area contributed by atoms with Crippen molar-refractivity contribution < 1.29 is 9.53 Å². The number of hydrogen-bond donors (Lipinski definition) is 1. The van der Waals surface area contributed by atoms with Gasteiger partial charge in [-0.1, -0.05) is 23.7 Å². The Morgan fingerprint density at radius 3 is 2.47 bits per heavy atom. The van der Waals surface area contributed by atoms with E-state index in [1.54, 1.807) is 25.3 Å². The predicted molar refractivity (Wildman–Crippen MR) is 137 cm³/mol. The first-order valence-electron chi connectivity index (χ1n) is 10.3. The molecule has 0 bridgehead atoms. The summed E-state index contributed by atoms with van der Waals surface area (Å²) >= 11 is 8.68. The molecule has 1 amide bonds. The van der Waals surface area contributed by atoms with Crippen molar-refractivity contribution in [3.8, 4) is 34.3 Å². The van der Waals surface area contributed by atoms with E-state index in [1.807, 2.05) is 47.8 Å². The number of methoxy groups -OCH3 is 1. The monoisotopic (exact) mass is 506 g/mol. The molecule has 0 atom stereocenters. The fourth-order valence-electron chi connectivity index (χ4n) is 3.06. The first kappa shape index (κ1) is 23.8. The summed E-state index contributed by atoms with van der Waals surface area (Å²) in [5.74, 6) is 1.10.